The second kappa shape index (κ2) is 4.73. The first kappa shape index (κ1) is 12.2. The van der Waals surface area contributed by atoms with Crippen molar-refractivity contribution in [1.82, 2.24) is 9.88 Å². The Bertz CT molecular complexity index is 404. The first-order chi connectivity index (χ1) is 6.96. The number of hydrogen-bond donors (Lipinski definition) is 2. The van der Waals surface area contributed by atoms with Crippen LogP contribution in [0.3, 0.4) is 0 Å². The predicted molar refractivity (Wildman–Crippen MR) is 53.7 cm³/mol. The molecule has 0 aliphatic heterocycles. The predicted octanol–water partition coefficient (Wildman–Crippen LogP) is -0.297. The molecule has 1 heterocycles. The van der Waals surface area contributed by atoms with Crippen LogP contribution < -0.4 is 4.72 Å². The highest BCUT2D eigenvalue weighted by Crippen LogP contribution is 2.11. The van der Waals surface area contributed by atoms with Crippen LogP contribution in [-0.4, -0.2) is 31.0 Å². The summed E-state index contributed by atoms with van der Waals surface area (Å²) in [6, 6.07) is 0. The standard InChI is InChI=1S/C8H14N2O4S/c1-6-8(7(2)14-10-6)5-9-15(12,13)4-3-11/h9,11H,3-5H2,1-2H3. The summed E-state index contributed by atoms with van der Waals surface area (Å²) in [5.41, 5.74) is 1.40. The van der Waals surface area contributed by atoms with Gasteiger partial charge < -0.3 is 9.63 Å². The molecule has 0 fully saturated rings. The van der Waals surface area contributed by atoms with Gasteiger partial charge in [-0.3, -0.25) is 0 Å². The molecule has 1 aromatic rings. The van der Waals surface area contributed by atoms with E-state index in [1.54, 1.807) is 13.8 Å². The molecule has 0 aliphatic rings. The lowest BCUT2D eigenvalue weighted by molar-refractivity contribution is 0.319. The van der Waals surface area contributed by atoms with Crippen molar-refractivity contribution in [2.45, 2.75) is 20.4 Å². The van der Waals surface area contributed by atoms with E-state index in [0.29, 0.717) is 11.5 Å². The monoisotopic (exact) mass is 234 g/mol. The molecule has 0 aromatic carbocycles. The SMILES string of the molecule is Cc1noc(C)c1CNS(=O)(=O)CCO. The maximum Gasteiger partial charge on any atom is 0.214 e. The number of sulfonamides is 1. The molecule has 0 amide bonds. The van der Waals surface area contributed by atoms with E-state index in [1.807, 2.05) is 0 Å². The normalized spacial score (nSPS) is 11.9. The third-order valence-electron chi connectivity index (χ3n) is 2.01. The number of aromatic nitrogens is 1. The minimum Gasteiger partial charge on any atom is -0.395 e. The number of hydrogen-bond acceptors (Lipinski definition) is 5. The van der Waals surface area contributed by atoms with Crippen LogP contribution in [0.5, 0.6) is 0 Å². The van der Waals surface area contributed by atoms with Crippen molar-refractivity contribution in [3.05, 3.63) is 17.0 Å². The Hall–Kier alpha value is -0.920. The van der Waals surface area contributed by atoms with Crippen LogP contribution in [0, 0.1) is 13.8 Å². The van der Waals surface area contributed by atoms with E-state index < -0.39 is 16.6 Å². The average Bonchev–Trinajstić information content (AvgIpc) is 2.44. The molecule has 7 heteroatoms. The number of aryl methyl sites for hydroxylation is 2. The van der Waals surface area contributed by atoms with E-state index >= 15 is 0 Å². The quantitative estimate of drug-likeness (QED) is 0.730. The minimum atomic E-state index is -3.41. The van der Waals surface area contributed by atoms with Crippen molar-refractivity contribution in [3.63, 3.8) is 0 Å². The maximum absolute atomic E-state index is 11.2. The van der Waals surface area contributed by atoms with Crippen LogP contribution in [-0.2, 0) is 16.6 Å². The Morgan fingerprint density at radius 2 is 2.13 bits per heavy atom. The van der Waals surface area contributed by atoms with Crippen molar-refractivity contribution in [2.24, 2.45) is 0 Å². The molecule has 0 radical (unpaired) electrons. The van der Waals surface area contributed by atoms with E-state index in [-0.39, 0.29) is 12.3 Å². The second-order valence-corrected chi connectivity index (χ2v) is 5.09. The Morgan fingerprint density at radius 3 is 2.60 bits per heavy atom. The lowest BCUT2D eigenvalue weighted by Crippen LogP contribution is -2.27. The summed E-state index contributed by atoms with van der Waals surface area (Å²) in [7, 11) is -3.41. The van der Waals surface area contributed by atoms with Crippen molar-refractivity contribution < 1.29 is 18.0 Å². The van der Waals surface area contributed by atoms with Gasteiger partial charge in [0.15, 0.2) is 0 Å². The van der Waals surface area contributed by atoms with Gasteiger partial charge >= 0.3 is 0 Å². The molecule has 0 spiro atoms. The van der Waals surface area contributed by atoms with Gasteiger partial charge in [-0.25, -0.2) is 13.1 Å². The molecule has 0 bridgehead atoms. The number of nitrogens with one attached hydrogen (secondary N) is 1. The van der Waals surface area contributed by atoms with E-state index in [9.17, 15) is 8.42 Å². The van der Waals surface area contributed by atoms with Crippen LogP contribution in [0.1, 0.15) is 17.0 Å². The van der Waals surface area contributed by atoms with Gasteiger partial charge in [0.05, 0.1) is 18.1 Å². The number of rotatable bonds is 5. The topological polar surface area (TPSA) is 92.4 Å². The molecule has 0 unspecified atom stereocenters. The van der Waals surface area contributed by atoms with Crippen LogP contribution in [0.25, 0.3) is 0 Å². The summed E-state index contributed by atoms with van der Waals surface area (Å²) in [5, 5.41) is 12.2. The summed E-state index contributed by atoms with van der Waals surface area (Å²) in [6.45, 7) is 3.21. The summed E-state index contributed by atoms with van der Waals surface area (Å²) in [5.74, 6) is 0.301. The average molecular weight is 234 g/mol. The molecule has 6 nitrogen and oxygen atoms in total. The van der Waals surface area contributed by atoms with E-state index in [4.69, 9.17) is 9.63 Å². The number of aliphatic hydroxyl groups excluding tert-OH is 1. The van der Waals surface area contributed by atoms with Crippen LogP contribution >= 0.6 is 0 Å². The largest absolute Gasteiger partial charge is 0.395 e. The first-order valence-electron chi connectivity index (χ1n) is 4.46. The zero-order valence-corrected chi connectivity index (χ0v) is 9.47. The van der Waals surface area contributed by atoms with Gasteiger partial charge in [-0.05, 0) is 13.8 Å². The maximum atomic E-state index is 11.2. The minimum absolute atomic E-state index is 0.142. The second-order valence-electron chi connectivity index (χ2n) is 3.17. The fourth-order valence-electron chi connectivity index (χ4n) is 1.13. The Kier molecular flexibility index (Phi) is 3.83. The molecule has 15 heavy (non-hydrogen) atoms. The zero-order valence-electron chi connectivity index (χ0n) is 8.65. The fourth-order valence-corrected chi connectivity index (χ4v) is 1.88. The molecule has 2 N–H and O–H groups in total. The van der Waals surface area contributed by atoms with Crippen molar-refractivity contribution >= 4 is 10.0 Å². The third kappa shape index (κ3) is 3.29. The Balaban J connectivity index is 2.65. The number of nitrogens with zero attached hydrogens (tertiary/aromatic N) is 1. The molecule has 1 rings (SSSR count). The van der Waals surface area contributed by atoms with E-state index in [2.05, 4.69) is 9.88 Å². The first-order valence-corrected chi connectivity index (χ1v) is 6.11. The van der Waals surface area contributed by atoms with E-state index in [0.717, 1.165) is 5.56 Å². The third-order valence-corrected chi connectivity index (χ3v) is 3.31. The molecule has 86 valence electrons. The highest BCUT2D eigenvalue weighted by atomic mass is 32.2. The lowest BCUT2D eigenvalue weighted by atomic mass is 10.2. The highest BCUT2D eigenvalue weighted by Gasteiger charge is 2.13. The van der Waals surface area contributed by atoms with E-state index in [1.165, 1.54) is 0 Å². The van der Waals surface area contributed by atoms with Gasteiger partial charge in [0.2, 0.25) is 10.0 Å². The van der Waals surface area contributed by atoms with Crippen molar-refractivity contribution in [2.75, 3.05) is 12.4 Å². The Labute approximate surface area is 88.3 Å². The smallest absolute Gasteiger partial charge is 0.214 e. The van der Waals surface area contributed by atoms with Crippen molar-refractivity contribution in [1.29, 1.82) is 0 Å². The zero-order chi connectivity index (χ0) is 11.5. The van der Waals surface area contributed by atoms with Crippen LogP contribution in [0.4, 0.5) is 0 Å². The molecule has 0 saturated heterocycles. The summed E-state index contributed by atoms with van der Waals surface area (Å²) >= 11 is 0. The van der Waals surface area contributed by atoms with Gasteiger partial charge in [0.25, 0.3) is 0 Å². The number of aliphatic hydroxyl groups is 1. The van der Waals surface area contributed by atoms with Crippen LogP contribution in [0.15, 0.2) is 4.52 Å². The molecule has 0 aliphatic carbocycles. The summed E-state index contributed by atoms with van der Waals surface area (Å²) in [6.07, 6.45) is 0. The van der Waals surface area contributed by atoms with Gasteiger partial charge in [0, 0.05) is 12.1 Å². The highest BCUT2D eigenvalue weighted by molar-refractivity contribution is 7.89. The Morgan fingerprint density at radius 1 is 1.47 bits per heavy atom. The van der Waals surface area contributed by atoms with Gasteiger partial charge in [0.1, 0.15) is 5.76 Å². The van der Waals surface area contributed by atoms with Crippen LogP contribution in [0.2, 0.25) is 0 Å². The molecular weight excluding hydrogens is 220 g/mol. The van der Waals surface area contributed by atoms with Gasteiger partial charge in [-0.15, -0.1) is 0 Å². The molecule has 0 atom stereocenters. The summed E-state index contributed by atoms with van der Waals surface area (Å²) < 4.78 is 29.7. The van der Waals surface area contributed by atoms with Gasteiger partial charge in [-0.1, -0.05) is 5.16 Å². The fraction of sp³-hybridized carbons (Fsp3) is 0.625. The lowest BCUT2D eigenvalue weighted by Gasteiger charge is -2.04. The molecule has 0 saturated carbocycles. The molecule has 1 aromatic heterocycles. The van der Waals surface area contributed by atoms with Gasteiger partial charge in [-0.2, -0.15) is 0 Å². The summed E-state index contributed by atoms with van der Waals surface area (Å²) in [4.78, 5) is 0. The molecular formula is C8H14N2O4S. The van der Waals surface area contributed by atoms with Crippen molar-refractivity contribution in [3.8, 4) is 0 Å².